The van der Waals surface area contributed by atoms with Gasteiger partial charge in [-0.2, -0.15) is 5.26 Å². The number of nitrogens with zero attached hydrogens (tertiary/aromatic N) is 2. The number of ether oxygens (including phenoxy) is 1. The zero-order valence-corrected chi connectivity index (χ0v) is 9.72. The highest BCUT2D eigenvalue weighted by atomic mass is 16.5. The highest BCUT2D eigenvalue weighted by Gasteiger charge is 2.31. The summed E-state index contributed by atoms with van der Waals surface area (Å²) in [5.41, 5.74) is 0.619. The largest absolute Gasteiger partial charge is 0.487 e. The molecule has 1 aromatic carbocycles. The fourth-order valence-electron chi connectivity index (χ4n) is 1.74. The molecule has 1 saturated heterocycles. The van der Waals surface area contributed by atoms with E-state index in [4.69, 9.17) is 10.00 Å². The highest BCUT2D eigenvalue weighted by molar-refractivity contribution is 5.76. The summed E-state index contributed by atoms with van der Waals surface area (Å²) in [6.45, 7) is 3.18. The van der Waals surface area contributed by atoms with Crippen molar-refractivity contribution in [2.45, 2.75) is 19.4 Å². The smallest absolute Gasteiger partial charge is 0.222 e. The molecule has 17 heavy (non-hydrogen) atoms. The van der Waals surface area contributed by atoms with Crippen molar-refractivity contribution >= 4 is 5.91 Å². The van der Waals surface area contributed by atoms with Crippen LogP contribution in [0.25, 0.3) is 0 Å². The van der Waals surface area contributed by atoms with Gasteiger partial charge in [0, 0.05) is 6.42 Å². The molecule has 0 aliphatic carbocycles. The monoisotopic (exact) mass is 230 g/mol. The van der Waals surface area contributed by atoms with Crippen molar-refractivity contribution in [2.24, 2.45) is 0 Å². The molecule has 1 amide bonds. The molecule has 1 aromatic rings. The van der Waals surface area contributed by atoms with Gasteiger partial charge in [0.25, 0.3) is 0 Å². The maximum absolute atomic E-state index is 11.3. The molecule has 0 saturated carbocycles. The molecular weight excluding hydrogens is 216 g/mol. The Morgan fingerprint density at radius 2 is 2.12 bits per heavy atom. The van der Waals surface area contributed by atoms with Crippen molar-refractivity contribution in [1.29, 1.82) is 5.26 Å². The molecule has 4 nitrogen and oxygen atoms in total. The van der Waals surface area contributed by atoms with Crippen LogP contribution in [-0.2, 0) is 4.79 Å². The number of rotatable bonds is 3. The van der Waals surface area contributed by atoms with Crippen LogP contribution in [0.5, 0.6) is 5.75 Å². The summed E-state index contributed by atoms with van der Waals surface area (Å²) in [6, 6.07) is 9.07. The lowest BCUT2D eigenvalue weighted by Crippen LogP contribution is -2.56. The molecule has 0 radical (unpaired) electrons. The Kier molecular flexibility index (Phi) is 3.29. The number of hydrogen-bond acceptors (Lipinski definition) is 3. The number of benzene rings is 1. The molecule has 2 rings (SSSR count). The number of hydrogen-bond donors (Lipinski definition) is 0. The van der Waals surface area contributed by atoms with E-state index in [9.17, 15) is 4.79 Å². The van der Waals surface area contributed by atoms with Gasteiger partial charge in [-0.05, 0) is 24.3 Å². The summed E-state index contributed by atoms with van der Waals surface area (Å²) in [5.74, 6) is 0.919. The van der Waals surface area contributed by atoms with Crippen LogP contribution in [0.15, 0.2) is 24.3 Å². The van der Waals surface area contributed by atoms with E-state index in [2.05, 4.69) is 6.07 Å². The molecule has 1 aliphatic heterocycles. The third-order valence-corrected chi connectivity index (χ3v) is 2.79. The van der Waals surface area contributed by atoms with Gasteiger partial charge in [0.05, 0.1) is 24.7 Å². The summed E-state index contributed by atoms with van der Waals surface area (Å²) in [4.78, 5) is 13.1. The van der Waals surface area contributed by atoms with Crippen LogP contribution >= 0.6 is 0 Å². The van der Waals surface area contributed by atoms with E-state index in [1.54, 1.807) is 29.2 Å². The number of nitriles is 1. The first kappa shape index (κ1) is 11.5. The summed E-state index contributed by atoms with van der Waals surface area (Å²) >= 11 is 0. The first-order valence-electron chi connectivity index (χ1n) is 5.67. The van der Waals surface area contributed by atoms with Crippen LogP contribution in [0, 0.1) is 11.3 Å². The second-order valence-electron chi connectivity index (χ2n) is 4.03. The Labute approximate surface area is 100 Å². The van der Waals surface area contributed by atoms with Gasteiger partial charge in [0.2, 0.25) is 5.91 Å². The molecule has 0 aromatic heterocycles. The van der Waals surface area contributed by atoms with Gasteiger partial charge in [0.15, 0.2) is 0 Å². The van der Waals surface area contributed by atoms with Crippen LogP contribution in [0.3, 0.4) is 0 Å². The van der Waals surface area contributed by atoms with E-state index < -0.39 is 0 Å². The predicted molar refractivity (Wildman–Crippen MR) is 62.4 cm³/mol. The summed E-state index contributed by atoms with van der Waals surface area (Å²) in [6.07, 6.45) is 0.627. The topological polar surface area (TPSA) is 53.3 Å². The van der Waals surface area contributed by atoms with Crippen molar-refractivity contribution in [3.05, 3.63) is 29.8 Å². The van der Waals surface area contributed by atoms with E-state index in [-0.39, 0.29) is 12.0 Å². The van der Waals surface area contributed by atoms with Crippen molar-refractivity contribution in [3.63, 3.8) is 0 Å². The average Bonchev–Trinajstić information content (AvgIpc) is 2.33. The molecule has 0 bridgehead atoms. The minimum atomic E-state index is 0.0819. The number of likely N-dealkylation sites (tertiary alicyclic amines) is 1. The molecule has 0 atom stereocenters. The summed E-state index contributed by atoms with van der Waals surface area (Å²) in [5, 5.41) is 8.66. The van der Waals surface area contributed by atoms with E-state index in [0.29, 0.717) is 25.1 Å². The second-order valence-corrected chi connectivity index (χ2v) is 4.03. The van der Waals surface area contributed by atoms with E-state index in [0.717, 1.165) is 5.75 Å². The second kappa shape index (κ2) is 4.88. The average molecular weight is 230 g/mol. The fourth-order valence-corrected chi connectivity index (χ4v) is 1.74. The first-order chi connectivity index (χ1) is 8.22. The van der Waals surface area contributed by atoms with E-state index in [1.807, 2.05) is 6.92 Å². The van der Waals surface area contributed by atoms with Crippen molar-refractivity contribution in [2.75, 3.05) is 13.1 Å². The van der Waals surface area contributed by atoms with Crippen LogP contribution in [0.4, 0.5) is 0 Å². The summed E-state index contributed by atoms with van der Waals surface area (Å²) in [7, 11) is 0. The lowest BCUT2D eigenvalue weighted by Gasteiger charge is -2.38. The Morgan fingerprint density at radius 3 is 2.65 bits per heavy atom. The molecule has 1 aliphatic rings. The number of amides is 1. The van der Waals surface area contributed by atoms with Crippen LogP contribution < -0.4 is 4.74 Å². The molecule has 0 unspecified atom stereocenters. The molecule has 0 N–H and O–H groups in total. The lowest BCUT2D eigenvalue weighted by atomic mass is 10.1. The minimum absolute atomic E-state index is 0.0819. The van der Waals surface area contributed by atoms with Gasteiger partial charge in [-0.25, -0.2) is 0 Å². The van der Waals surface area contributed by atoms with Crippen LogP contribution in [-0.4, -0.2) is 30.0 Å². The predicted octanol–water partition coefficient (Wildman–Crippen LogP) is 1.56. The van der Waals surface area contributed by atoms with Crippen LogP contribution in [0.2, 0.25) is 0 Å². The van der Waals surface area contributed by atoms with Crippen molar-refractivity contribution < 1.29 is 9.53 Å². The van der Waals surface area contributed by atoms with Gasteiger partial charge >= 0.3 is 0 Å². The minimum Gasteiger partial charge on any atom is -0.487 e. The van der Waals surface area contributed by atoms with Crippen molar-refractivity contribution in [3.8, 4) is 11.8 Å². The SMILES string of the molecule is CCC(=O)N1CC(Oc2ccc(C#N)cc2)C1. The Bertz CT molecular complexity index is 441. The third-order valence-electron chi connectivity index (χ3n) is 2.79. The normalized spacial score (nSPS) is 14.9. The van der Waals surface area contributed by atoms with Gasteiger partial charge in [-0.1, -0.05) is 6.92 Å². The zero-order chi connectivity index (χ0) is 12.3. The van der Waals surface area contributed by atoms with Gasteiger partial charge in [0.1, 0.15) is 11.9 Å². The lowest BCUT2D eigenvalue weighted by molar-refractivity contribution is -0.139. The van der Waals surface area contributed by atoms with Crippen molar-refractivity contribution in [1.82, 2.24) is 4.90 Å². The Morgan fingerprint density at radius 1 is 1.47 bits per heavy atom. The maximum atomic E-state index is 11.3. The molecular formula is C13H14N2O2. The van der Waals surface area contributed by atoms with Crippen LogP contribution in [0.1, 0.15) is 18.9 Å². The molecule has 1 fully saturated rings. The fraction of sp³-hybridized carbons (Fsp3) is 0.385. The standard InChI is InChI=1S/C13H14N2O2/c1-2-13(16)15-8-12(9-15)17-11-5-3-10(7-14)4-6-11/h3-6,12H,2,8-9H2,1H3. The molecule has 0 spiro atoms. The van der Waals surface area contributed by atoms with Gasteiger partial charge in [-0.3, -0.25) is 4.79 Å². The Balaban J connectivity index is 1.84. The van der Waals surface area contributed by atoms with E-state index in [1.165, 1.54) is 0 Å². The number of carbonyl (C=O) groups is 1. The summed E-state index contributed by atoms with van der Waals surface area (Å²) < 4.78 is 5.67. The third kappa shape index (κ3) is 2.56. The molecule has 88 valence electrons. The highest BCUT2D eigenvalue weighted by Crippen LogP contribution is 2.19. The zero-order valence-electron chi connectivity index (χ0n) is 9.72. The van der Waals surface area contributed by atoms with E-state index >= 15 is 0 Å². The molecule has 1 heterocycles. The number of carbonyl (C=O) groups excluding carboxylic acids is 1. The van der Waals surface area contributed by atoms with Gasteiger partial charge < -0.3 is 9.64 Å². The quantitative estimate of drug-likeness (QED) is 0.791. The first-order valence-corrected chi connectivity index (χ1v) is 5.67. The Hall–Kier alpha value is -2.02. The van der Waals surface area contributed by atoms with Gasteiger partial charge in [-0.15, -0.1) is 0 Å². The maximum Gasteiger partial charge on any atom is 0.222 e. The molecule has 4 heteroatoms.